The molecule has 0 amide bonds. The van der Waals surface area contributed by atoms with Crippen molar-refractivity contribution in [2.45, 2.75) is 4.90 Å². The number of hydrazine groups is 1. The predicted octanol–water partition coefficient (Wildman–Crippen LogP) is -0.225. The zero-order valence-corrected chi connectivity index (χ0v) is 10.9. The van der Waals surface area contributed by atoms with E-state index in [0.717, 1.165) is 0 Å². The molecule has 0 spiro atoms. The first-order valence-electron chi connectivity index (χ1n) is 5.66. The van der Waals surface area contributed by atoms with Crippen molar-refractivity contribution < 1.29 is 13.3 Å². The maximum atomic E-state index is 12.4. The van der Waals surface area contributed by atoms with Gasteiger partial charge in [0.2, 0.25) is 10.0 Å². The summed E-state index contributed by atoms with van der Waals surface area (Å²) in [4.78, 5) is 9.94. The lowest BCUT2D eigenvalue weighted by molar-refractivity contribution is -0.387. The van der Waals surface area contributed by atoms with Crippen molar-refractivity contribution in [2.75, 3.05) is 26.2 Å². The second kappa shape index (κ2) is 5.21. The van der Waals surface area contributed by atoms with E-state index in [2.05, 4.69) is 0 Å². The van der Waals surface area contributed by atoms with E-state index >= 15 is 0 Å². The number of para-hydroxylation sites is 1. The third kappa shape index (κ3) is 2.73. The van der Waals surface area contributed by atoms with Crippen LogP contribution in [0.4, 0.5) is 5.69 Å². The SMILES string of the molecule is NN1CCN(S(=O)(=O)c2ccccc2[N+](=O)[O-])CC1. The van der Waals surface area contributed by atoms with Crippen molar-refractivity contribution in [2.24, 2.45) is 5.84 Å². The molecule has 1 heterocycles. The summed E-state index contributed by atoms with van der Waals surface area (Å²) in [5.74, 6) is 5.56. The summed E-state index contributed by atoms with van der Waals surface area (Å²) in [7, 11) is -3.85. The first-order chi connectivity index (χ1) is 8.93. The van der Waals surface area contributed by atoms with Gasteiger partial charge >= 0.3 is 0 Å². The van der Waals surface area contributed by atoms with Gasteiger partial charge in [-0.15, -0.1) is 0 Å². The number of nitro benzene ring substituents is 1. The van der Waals surface area contributed by atoms with Crippen LogP contribution in [0.5, 0.6) is 0 Å². The lowest BCUT2D eigenvalue weighted by atomic mass is 10.3. The van der Waals surface area contributed by atoms with Crippen LogP contribution in [0.15, 0.2) is 29.2 Å². The van der Waals surface area contributed by atoms with Gasteiger partial charge in [-0.1, -0.05) is 12.1 Å². The summed E-state index contributed by atoms with van der Waals surface area (Å²) in [6, 6.07) is 5.35. The predicted molar refractivity (Wildman–Crippen MR) is 67.6 cm³/mol. The van der Waals surface area contributed by atoms with Gasteiger partial charge in [0, 0.05) is 32.2 Å². The number of sulfonamides is 1. The molecule has 0 unspecified atom stereocenters. The minimum absolute atomic E-state index is 0.227. The fourth-order valence-corrected chi connectivity index (χ4v) is 3.49. The van der Waals surface area contributed by atoms with E-state index in [1.807, 2.05) is 0 Å². The number of hydrogen-bond donors (Lipinski definition) is 1. The topological polar surface area (TPSA) is 110 Å². The minimum Gasteiger partial charge on any atom is -0.269 e. The van der Waals surface area contributed by atoms with Crippen LogP contribution in [0.25, 0.3) is 0 Å². The summed E-state index contributed by atoms with van der Waals surface area (Å²) >= 11 is 0. The minimum atomic E-state index is -3.85. The number of nitro groups is 1. The number of nitrogens with two attached hydrogens (primary N) is 1. The van der Waals surface area contributed by atoms with Crippen molar-refractivity contribution in [3.05, 3.63) is 34.4 Å². The maximum absolute atomic E-state index is 12.4. The molecule has 1 saturated heterocycles. The summed E-state index contributed by atoms with van der Waals surface area (Å²) in [5, 5.41) is 12.4. The lowest BCUT2D eigenvalue weighted by Gasteiger charge is -2.30. The molecule has 2 N–H and O–H groups in total. The Kier molecular flexibility index (Phi) is 3.80. The number of benzene rings is 1. The van der Waals surface area contributed by atoms with Crippen LogP contribution in [0.3, 0.4) is 0 Å². The number of piperazine rings is 1. The molecular formula is C10H14N4O4S. The molecule has 1 aromatic carbocycles. The van der Waals surface area contributed by atoms with Crippen molar-refractivity contribution in [1.29, 1.82) is 0 Å². The monoisotopic (exact) mass is 286 g/mol. The van der Waals surface area contributed by atoms with Crippen molar-refractivity contribution >= 4 is 15.7 Å². The van der Waals surface area contributed by atoms with Gasteiger partial charge in [-0.3, -0.25) is 16.0 Å². The van der Waals surface area contributed by atoms with Gasteiger partial charge in [0.05, 0.1) is 4.92 Å². The van der Waals surface area contributed by atoms with Gasteiger partial charge in [0.1, 0.15) is 0 Å². The molecule has 1 aliphatic rings. The van der Waals surface area contributed by atoms with Crippen LogP contribution in [0.2, 0.25) is 0 Å². The van der Waals surface area contributed by atoms with E-state index in [1.54, 1.807) is 0 Å². The van der Waals surface area contributed by atoms with Gasteiger partial charge in [-0.25, -0.2) is 13.4 Å². The second-order valence-electron chi connectivity index (χ2n) is 4.16. The molecule has 0 atom stereocenters. The van der Waals surface area contributed by atoms with E-state index in [4.69, 9.17) is 5.84 Å². The van der Waals surface area contributed by atoms with Crippen LogP contribution in [-0.4, -0.2) is 48.8 Å². The fraction of sp³-hybridized carbons (Fsp3) is 0.400. The zero-order chi connectivity index (χ0) is 14.0. The van der Waals surface area contributed by atoms with Crippen molar-refractivity contribution in [3.8, 4) is 0 Å². The smallest absolute Gasteiger partial charge is 0.269 e. The molecule has 0 bridgehead atoms. The van der Waals surface area contributed by atoms with Gasteiger partial charge in [0.25, 0.3) is 5.69 Å². The molecule has 104 valence electrons. The van der Waals surface area contributed by atoms with Gasteiger partial charge < -0.3 is 0 Å². The Labute approximate surface area is 110 Å². The van der Waals surface area contributed by atoms with E-state index in [9.17, 15) is 18.5 Å². The van der Waals surface area contributed by atoms with Crippen molar-refractivity contribution in [1.82, 2.24) is 9.31 Å². The largest absolute Gasteiger partial charge is 0.289 e. The Hall–Kier alpha value is -1.55. The molecule has 9 heteroatoms. The van der Waals surface area contributed by atoms with Gasteiger partial charge in [-0.2, -0.15) is 4.31 Å². The van der Waals surface area contributed by atoms with Crippen molar-refractivity contribution in [3.63, 3.8) is 0 Å². The summed E-state index contributed by atoms with van der Waals surface area (Å²) in [5.41, 5.74) is -0.405. The molecule has 0 aliphatic carbocycles. The van der Waals surface area contributed by atoms with Gasteiger partial charge in [0.15, 0.2) is 4.90 Å². The second-order valence-corrected chi connectivity index (χ2v) is 6.07. The summed E-state index contributed by atoms with van der Waals surface area (Å²) in [6.07, 6.45) is 0. The molecule has 1 fully saturated rings. The number of nitrogens with zero attached hydrogens (tertiary/aromatic N) is 3. The van der Waals surface area contributed by atoms with Crippen LogP contribution < -0.4 is 5.84 Å². The Bertz CT molecular complexity index is 581. The molecule has 0 saturated carbocycles. The first-order valence-corrected chi connectivity index (χ1v) is 7.10. The molecular weight excluding hydrogens is 272 g/mol. The zero-order valence-electron chi connectivity index (χ0n) is 10.1. The third-order valence-electron chi connectivity index (χ3n) is 2.95. The van der Waals surface area contributed by atoms with Crippen LogP contribution in [0.1, 0.15) is 0 Å². The Balaban J connectivity index is 2.37. The highest BCUT2D eigenvalue weighted by atomic mass is 32.2. The Morgan fingerprint density at radius 1 is 1.16 bits per heavy atom. The van der Waals surface area contributed by atoms with Gasteiger partial charge in [-0.05, 0) is 6.07 Å². The van der Waals surface area contributed by atoms with E-state index in [0.29, 0.717) is 13.1 Å². The number of hydrogen-bond acceptors (Lipinski definition) is 6. The third-order valence-corrected chi connectivity index (χ3v) is 4.90. The molecule has 1 aromatic rings. The van der Waals surface area contributed by atoms with Crippen LogP contribution >= 0.6 is 0 Å². The summed E-state index contributed by atoms with van der Waals surface area (Å²) < 4.78 is 26.0. The highest BCUT2D eigenvalue weighted by molar-refractivity contribution is 7.89. The summed E-state index contributed by atoms with van der Waals surface area (Å²) in [6.45, 7) is 1.26. The highest BCUT2D eigenvalue weighted by Crippen LogP contribution is 2.26. The first kappa shape index (κ1) is 13.9. The molecule has 2 rings (SSSR count). The van der Waals surface area contributed by atoms with E-state index in [1.165, 1.54) is 33.6 Å². The van der Waals surface area contributed by atoms with E-state index in [-0.39, 0.29) is 18.0 Å². The molecule has 19 heavy (non-hydrogen) atoms. The Morgan fingerprint density at radius 3 is 2.32 bits per heavy atom. The molecule has 1 aliphatic heterocycles. The average Bonchev–Trinajstić information content (AvgIpc) is 2.39. The highest BCUT2D eigenvalue weighted by Gasteiger charge is 2.32. The van der Waals surface area contributed by atoms with Crippen LogP contribution in [-0.2, 0) is 10.0 Å². The molecule has 8 nitrogen and oxygen atoms in total. The fourth-order valence-electron chi connectivity index (χ4n) is 1.91. The normalized spacial score (nSPS) is 18.4. The average molecular weight is 286 g/mol. The maximum Gasteiger partial charge on any atom is 0.289 e. The van der Waals surface area contributed by atoms with Crippen LogP contribution in [0, 0.1) is 10.1 Å². The Morgan fingerprint density at radius 2 is 1.74 bits per heavy atom. The van der Waals surface area contributed by atoms with E-state index < -0.39 is 20.6 Å². The standard InChI is InChI=1S/C10H14N4O4S/c11-12-5-7-13(8-6-12)19(17,18)10-4-2-1-3-9(10)14(15)16/h1-4H,5-8,11H2. The molecule has 0 radical (unpaired) electrons. The lowest BCUT2D eigenvalue weighted by Crippen LogP contribution is -2.51. The quantitative estimate of drug-likeness (QED) is 0.467. The number of rotatable bonds is 3. The molecule has 0 aromatic heterocycles.